The van der Waals surface area contributed by atoms with Crippen molar-refractivity contribution in [3.63, 3.8) is 0 Å². The highest BCUT2D eigenvalue weighted by Crippen LogP contribution is 2.38. The zero-order valence-corrected chi connectivity index (χ0v) is 26.9. The van der Waals surface area contributed by atoms with Gasteiger partial charge in [-0.3, -0.25) is 14.0 Å². The number of aromatic nitrogens is 7. The molecular weight excluding hydrogens is 617 g/mol. The Morgan fingerprint density at radius 1 is 0.830 bits per heavy atom. The maximum atomic E-state index is 14.2. The molecule has 0 amide bonds. The number of benzene rings is 2. The van der Waals surface area contributed by atoms with Crippen LogP contribution in [0, 0.1) is 11.6 Å². The molecule has 2 aromatic carbocycles. The molecule has 0 fully saturated rings. The number of fused-ring (bicyclic) bond motifs is 2. The van der Waals surface area contributed by atoms with Crippen LogP contribution in [0.15, 0.2) is 115 Å². The van der Waals surface area contributed by atoms with Gasteiger partial charge in [0.15, 0.2) is 11.5 Å². The van der Waals surface area contributed by atoms with Crippen molar-refractivity contribution in [3.05, 3.63) is 138 Å². The monoisotopic (exact) mass is 647 g/mol. The van der Waals surface area contributed by atoms with Crippen molar-refractivity contribution in [1.82, 2.24) is 33.9 Å². The summed E-state index contributed by atoms with van der Waals surface area (Å²) in [6.45, 7) is 6.53. The SMILES string of the molecule is CC(C)(C)[Si](OCC(c1ccc(F)cn1)n1c(=O)[nH]c2cnc(-c3cnc4ccc(F)cn34)nc21)(c1ccccc1)c1ccccc1. The number of halogens is 2. The van der Waals surface area contributed by atoms with Gasteiger partial charge < -0.3 is 9.41 Å². The van der Waals surface area contributed by atoms with Gasteiger partial charge in [-0.1, -0.05) is 81.4 Å². The average molecular weight is 648 g/mol. The zero-order valence-electron chi connectivity index (χ0n) is 25.9. The van der Waals surface area contributed by atoms with E-state index in [1.807, 2.05) is 36.4 Å². The highest BCUT2D eigenvalue weighted by Gasteiger charge is 2.50. The number of nitrogens with zero attached hydrogens (tertiary/aromatic N) is 6. The molecule has 0 radical (unpaired) electrons. The highest BCUT2D eigenvalue weighted by atomic mass is 28.4. The van der Waals surface area contributed by atoms with Crippen LogP contribution in [-0.4, -0.2) is 48.8 Å². The Morgan fingerprint density at radius 2 is 1.51 bits per heavy atom. The lowest BCUT2D eigenvalue weighted by Gasteiger charge is -2.43. The predicted octanol–water partition coefficient (Wildman–Crippen LogP) is 5.27. The van der Waals surface area contributed by atoms with E-state index < -0.39 is 31.7 Å². The number of nitrogens with one attached hydrogen (secondary N) is 1. The van der Waals surface area contributed by atoms with Gasteiger partial charge in [0.1, 0.15) is 34.5 Å². The smallest absolute Gasteiger partial charge is 0.328 e. The van der Waals surface area contributed by atoms with Crippen molar-refractivity contribution in [2.24, 2.45) is 0 Å². The van der Waals surface area contributed by atoms with Gasteiger partial charge >= 0.3 is 5.69 Å². The summed E-state index contributed by atoms with van der Waals surface area (Å²) in [7, 11) is -3.05. The normalized spacial score (nSPS) is 13.0. The first kappa shape index (κ1) is 30.3. The molecule has 0 spiro atoms. The van der Waals surface area contributed by atoms with Crippen LogP contribution in [0.2, 0.25) is 5.04 Å². The van der Waals surface area contributed by atoms with Crippen LogP contribution < -0.4 is 16.1 Å². The molecule has 1 N–H and O–H groups in total. The molecule has 7 aromatic rings. The molecule has 9 nitrogen and oxygen atoms in total. The number of rotatable bonds is 8. The molecule has 47 heavy (non-hydrogen) atoms. The van der Waals surface area contributed by atoms with E-state index in [2.05, 4.69) is 65.0 Å². The first-order valence-electron chi connectivity index (χ1n) is 15.1. The van der Waals surface area contributed by atoms with Crippen LogP contribution in [0.25, 0.3) is 28.3 Å². The molecule has 0 aliphatic rings. The Morgan fingerprint density at radius 3 is 2.15 bits per heavy atom. The summed E-state index contributed by atoms with van der Waals surface area (Å²) in [4.78, 5) is 34.6. The van der Waals surface area contributed by atoms with Crippen molar-refractivity contribution in [3.8, 4) is 11.5 Å². The van der Waals surface area contributed by atoms with Gasteiger partial charge in [0.05, 0.1) is 30.9 Å². The van der Waals surface area contributed by atoms with Gasteiger partial charge in [-0.05, 0) is 39.7 Å². The Balaban J connectivity index is 1.40. The van der Waals surface area contributed by atoms with Crippen molar-refractivity contribution in [2.45, 2.75) is 31.9 Å². The lowest BCUT2D eigenvalue weighted by atomic mass is 10.2. The van der Waals surface area contributed by atoms with Crippen LogP contribution >= 0.6 is 0 Å². The maximum Gasteiger partial charge on any atom is 0.328 e. The number of aromatic amines is 1. The lowest BCUT2D eigenvalue weighted by molar-refractivity contribution is 0.253. The first-order chi connectivity index (χ1) is 22.7. The van der Waals surface area contributed by atoms with Gasteiger partial charge in [-0.2, -0.15) is 0 Å². The fourth-order valence-electron chi connectivity index (χ4n) is 6.29. The molecule has 236 valence electrons. The molecule has 0 aliphatic heterocycles. The molecule has 0 aliphatic carbocycles. The second-order valence-corrected chi connectivity index (χ2v) is 16.6. The predicted molar refractivity (Wildman–Crippen MR) is 178 cm³/mol. The molecule has 0 bridgehead atoms. The molecule has 1 unspecified atom stereocenters. The second kappa shape index (κ2) is 11.8. The summed E-state index contributed by atoms with van der Waals surface area (Å²) in [5, 5.41) is 1.80. The molecule has 5 aromatic heterocycles. The molecule has 7 rings (SSSR count). The van der Waals surface area contributed by atoms with E-state index in [1.54, 1.807) is 22.7 Å². The van der Waals surface area contributed by atoms with Crippen molar-refractivity contribution >= 4 is 35.5 Å². The topological polar surface area (TPSA) is 103 Å². The number of hydrogen-bond donors (Lipinski definition) is 1. The van der Waals surface area contributed by atoms with Gasteiger partial charge in [0.25, 0.3) is 8.32 Å². The van der Waals surface area contributed by atoms with Crippen molar-refractivity contribution < 1.29 is 13.2 Å². The number of imidazole rings is 2. The molecule has 5 heterocycles. The first-order valence-corrected chi connectivity index (χ1v) is 17.0. The largest absolute Gasteiger partial charge is 0.405 e. The third-order valence-corrected chi connectivity index (χ3v) is 13.4. The fraction of sp³-hybridized carbons (Fsp3) is 0.171. The summed E-state index contributed by atoms with van der Waals surface area (Å²) in [5.74, 6) is -0.711. The Hall–Kier alpha value is -5.33. The molecule has 12 heteroatoms. The fourth-order valence-corrected chi connectivity index (χ4v) is 10.9. The van der Waals surface area contributed by atoms with E-state index in [4.69, 9.17) is 9.41 Å². The number of H-pyrrole nitrogens is 1. The maximum absolute atomic E-state index is 14.2. The van der Waals surface area contributed by atoms with Crippen molar-refractivity contribution in [1.29, 1.82) is 0 Å². The third-order valence-electron chi connectivity index (χ3n) is 8.43. The summed E-state index contributed by atoms with van der Waals surface area (Å²) in [6, 6.07) is 25.3. The van der Waals surface area contributed by atoms with Crippen LogP contribution in [0.1, 0.15) is 32.5 Å². The number of pyridine rings is 2. The minimum Gasteiger partial charge on any atom is -0.405 e. The van der Waals surface area contributed by atoms with E-state index in [0.717, 1.165) is 16.6 Å². The Bertz CT molecular complexity index is 2210. The minimum atomic E-state index is -3.05. The van der Waals surface area contributed by atoms with Crippen LogP contribution in [0.3, 0.4) is 0 Å². The van der Waals surface area contributed by atoms with Crippen LogP contribution in [0.5, 0.6) is 0 Å². The standard InChI is InChI=1S/C35H31F2N7O2Si/c1-35(2,3)47(25-10-6-4-7-11-25,26-12-8-5-9-13-26)46-22-30(27-16-14-23(36)18-38-27)44-33-28(41-34(44)45)19-40-32(42-33)29-20-39-31-17-15-24(37)21-43(29)31/h4-21,30H,22H2,1-3H3,(H,41,45). The second-order valence-electron chi connectivity index (χ2n) is 12.3. The highest BCUT2D eigenvalue weighted by molar-refractivity contribution is 6.99. The van der Waals surface area contributed by atoms with Crippen molar-refractivity contribution in [2.75, 3.05) is 6.61 Å². The Labute approximate surface area is 269 Å². The summed E-state index contributed by atoms with van der Waals surface area (Å²) < 4.78 is 38.6. The number of hydrogen-bond acceptors (Lipinski definition) is 6. The van der Waals surface area contributed by atoms with Gasteiger partial charge in [-0.15, -0.1) is 0 Å². The molecule has 0 saturated carbocycles. The van der Waals surface area contributed by atoms with E-state index >= 15 is 0 Å². The van der Waals surface area contributed by atoms with E-state index in [0.29, 0.717) is 22.6 Å². The van der Waals surface area contributed by atoms with E-state index in [9.17, 15) is 13.6 Å². The summed E-state index contributed by atoms with van der Waals surface area (Å²) in [6.07, 6.45) is 5.49. The van der Waals surface area contributed by atoms with Gasteiger partial charge in [0, 0.05) is 6.20 Å². The summed E-state index contributed by atoms with van der Waals surface area (Å²) >= 11 is 0. The van der Waals surface area contributed by atoms with Crippen LogP contribution in [-0.2, 0) is 4.43 Å². The molecule has 1 atom stereocenters. The quantitative estimate of drug-likeness (QED) is 0.226. The Kier molecular flexibility index (Phi) is 7.61. The third kappa shape index (κ3) is 5.34. The molecular formula is C35H31F2N7O2Si. The average Bonchev–Trinajstić information content (AvgIpc) is 3.63. The van der Waals surface area contributed by atoms with E-state index in [1.165, 1.54) is 29.1 Å². The zero-order chi connectivity index (χ0) is 32.8. The summed E-state index contributed by atoms with van der Waals surface area (Å²) in [5.41, 5.74) is 1.59. The van der Waals surface area contributed by atoms with Gasteiger partial charge in [0.2, 0.25) is 0 Å². The molecule has 0 saturated heterocycles. The van der Waals surface area contributed by atoms with Crippen LogP contribution in [0.4, 0.5) is 8.78 Å². The lowest BCUT2D eigenvalue weighted by Crippen LogP contribution is -2.67. The van der Waals surface area contributed by atoms with E-state index in [-0.39, 0.29) is 23.1 Å². The minimum absolute atomic E-state index is 0.0267. The van der Waals surface area contributed by atoms with Gasteiger partial charge in [-0.25, -0.2) is 28.5 Å².